The van der Waals surface area contributed by atoms with Gasteiger partial charge in [-0.1, -0.05) is 25.6 Å². The van der Waals surface area contributed by atoms with Crippen molar-refractivity contribution in [1.82, 2.24) is 15.3 Å². The fourth-order valence-corrected chi connectivity index (χ4v) is 2.70. The van der Waals surface area contributed by atoms with Crippen LogP contribution in [0.5, 0.6) is 0 Å². The molecule has 0 radical (unpaired) electrons. The Hall–Kier alpha value is -1.61. The van der Waals surface area contributed by atoms with E-state index in [0.717, 1.165) is 12.8 Å². The van der Waals surface area contributed by atoms with Crippen LogP contribution in [0.15, 0.2) is 5.03 Å². The summed E-state index contributed by atoms with van der Waals surface area (Å²) in [5.41, 5.74) is 1.11. The smallest absolute Gasteiger partial charge is 0.230 e. The maximum absolute atomic E-state index is 11.9. The van der Waals surface area contributed by atoms with Crippen molar-refractivity contribution in [2.45, 2.75) is 51.6 Å². The SMILES string of the molecule is CCC(CC)NC(=O)CSc1nc(C)nc(C)c1C#N. The Bertz CT molecular complexity index is 521. The minimum Gasteiger partial charge on any atom is -0.353 e. The number of amides is 1. The molecule has 1 rings (SSSR count). The van der Waals surface area contributed by atoms with Gasteiger partial charge in [-0.3, -0.25) is 4.79 Å². The molecular formula is C14H20N4OS. The Balaban J connectivity index is 2.71. The fourth-order valence-electron chi connectivity index (χ4n) is 1.81. The highest BCUT2D eigenvalue weighted by Crippen LogP contribution is 2.21. The van der Waals surface area contributed by atoms with Gasteiger partial charge in [-0.15, -0.1) is 0 Å². The zero-order chi connectivity index (χ0) is 15.1. The molecule has 1 N–H and O–H groups in total. The number of nitrogens with zero attached hydrogens (tertiary/aromatic N) is 3. The molecule has 5 nitrogen and oxygen atoms in total. The molecule has 0 bridgehead atoms. The van der Waals surface area contributed by atoms with E-state index in [1.165, 1.54) is 11.8 Å². The molecule has 0 saturated heterocycles. The number of nitriles is 1. The zero-order valence-electron chi connectivity index (χ0n) is 12.4. The van der Waals surface area contributed by atoms with Gasteiger partial charge in [0.05, 0.1) is 11.4 Å². The summed E-state index contributed by atoms with van der Waals surface area (Å²) in [6, 6.07) is 2.32. The second-order valence-electron chi connectivity index (χ2n) is 4.52. The molecule has 0 aliphatic carbocycles. The third kappa shape index (κ3) is 4.49. The lowest BCUT2D eigenvalue weighted by Gasteiger charge is -2.14. The number of carbonyl (C=O) groups is 1. The first-order valence-corrected chi connectivity index (χ1v) is 7.67. The molecule has 20 heavy (non-hydrogen) atoms. The second-order valence-corrected chi connectivity index (χ2v) is 5.48. The summed E-state index contributed by atoms with van der Waals surface area (Å²) in [7, 11) is 0. The summed E-state index contributed by atoms with van der Waals surface area (Å²) >= 11 is 1.29. The maximum atomic E-state index is 11.9. The molecule has 0 aromatic carbocycles. The van der Waals surface area contributed by atoms with E-state index in [1.807, 2.05) is 13.8 Å². The first kappa shape index (κ1) is 16.4. The highest BCUT2D eigenvalue weighted by Gasteiger charge is 2.13. The lowest BCUT2D eigenvalue weighted by molar-refractivity contribution is -0.119. The van der Waals surface area contributed by atoms with E-state index in [2.05, 4.69) is 21.4 Å². The number of hydrogen-bond acceptors (Lipinski definition) is 5. The van der Waals surface area contributed by atoms with Gasteiger partial charge in [0.2, 0.25) is 5.91 Å². The molecule has 0 fully saturated rings. The van der Waals surface area contributed by atoms with Crippen LogP contribution in [0.25, 0.3) is 0 Å². The van der Waals surface area contributed by atoms with Crippen molar-refractivity contribution in [3.05, 3.63) is 17.1 Å². The minimum absolute atomic E-state index is 0.0264. The van der Waals surface area contributed by atoms with Gasteiger partial charge in [0.1, 0.15) is 22.5 Å². The lowest BCUT2D eigenvalue weighted by atomic mass is 10.2. The van der Waals surface area contributed by atoms with Crippen LogP contribution in [-0.2, 0) is 4.79 Å². The van der Waals surface area contributed by atoms with Crippen LogP contribution >= 0.6 is 11.8 Å². The Morgan fingerprint density at radius 1 is 1.35 bits per heavy atom. The van der Waals surface area contributed by atoms with Crippen molar-refractivity contribution in [2.24, 2.45) is 0 Å². The number of carbonyl (C=O) groups excluding carboxylic acids is 1. The molecule has 1 aromatic rings. The van der Waals surface area contributed by atoms with Gasteiger partial charge in [-0.2, -0.15) is 5.26 Å². The summed E-state index contributed by atoms with van der Waals surface area (Å²) in [6.45, 7) is 7.66. The summed E-state index contributed by atoms with van der Waals surface area (Å²) in [5.74, 6) is 0.854. The van der Waals surface area contributed by atoms with E-state index in [9.17, 15) is 4.79 Å². The average molecular weight is 292 g/mol. The second kappa shape index (κ2) is 7.85. The van der Waals surface area contributed by atoms with E-state index >= 15 is 0 Å². The Kier molecular flexibility index (Phi) is 6.46. The number of nitrogens with one attached hydrogen (secondary N) is 1. The topological polar surface area (TPSA) is 78.7 Å². The van der Waals surface area contributed by atoms with Crippen LogP contribution in [-0.4, -0.2) is 27.7 Å². The number of aryl methyl sites for hydroxylation is 2. The van der Waals surface area contributed by atoms with Crippen molar-refractivity contribution < 1.29 is 4.79 Å². The zero-order valence-corrected chi connectivity index (χ0v) is 13.2. The summed E-state index contributed by atoms with van der Waals surface area (Å²) in [4.78, 5) is 20.3. The summed E-state index contributed by atoms with van der Waals surface area (Å²) < 4.78 is 0. The predicted molar refractivity (Wildman–Crippen MR) is 79.5 cm³/mol. The fraction of sp³-hybridized carbons (Fsp3) is 0.571. The normalized spacial score (nSPS) is 10.4. The van der Waals surface area contributed by atoms with Gasteiger partial charge in [0.15, 0.2) is 0 Å². The number of hydrogen-bond donors (Lipinski definition) is 1. The van der Waals surface area contributed by atoms with Crippen LogP contribution in [0.3, 0.4) is 0 Å². The van der Waals surface area contributed by atoms with Crippen molar-refractivity contribution in [1.29, 1.82) is 5.26 Å². The van der Waals surface area contributed by atoms with Crippen LogP contribution in [0.1, 0.15) is 43.8 Å². The summed E-state index contributed by atoms with van der Waals surface area (Å²) in [6.07, 6.45) is 1.84. The highest BCUT2D eigenvalue weighted by molar-refractivity contribution is 8.00. The molecule has 1 amide bonds. The Labute approximate surface area is 124 Å². The van der Waals surface area contributed by atoms with E-state index in [4.69, 9.17) is 5.26 Å². The first-order valence-electron chi connectivity index (χ1n) is 6.69. The van der Waals surface area contributed by atoms with Crippen molar-refractivity contribution in [2.75, 3.05) is 5.75 Å². The molecule has 108 valence electrons. The third-order valence-corrected chi connectivity index (χ3v) is 3.95. The molecule has 0 saturated carbocycles. The molecule has 6 heteroatoms. The highest BCUT2D eigenvalue weighted by atomic mass is 32.2. The maximum Gasteiger partial charge on any atom is 0.230 e. The van der Waals surface area contributed by atoms with E-state index in [1.54, 1.807) is 13.8 Å². The average Bonchev–Trinajstić information content (AvgIpc) is 2.42. The standard InChI is InChI=1S/C14H20N4OS/c1-5-11(6-2)18-13(19)8-20-14-12(7-15)9(3)16-10(4)17-14/h11H,5-6,8H2,1-4H3,(H,18,19). The predicted octanol–water partition coefficient (Wildman–Crippen LogP) is 2.36. The Morgan fingerprint density at radius 3 is 2.55 bits per heavy atom. The molecule has 0 aliphatic heterocycles. The van der Waals surface area contributed by atoms with E-state index < -0.39 is 0 Å². The van der Waals surface area contributed by atoms with Gasteiger partial charge in [0, 0.05) is 6.04 Å². The van der Waals surface area contributed by atoms with Crippen molar-refractivity contribution >= 4 is 17.7 Å². The van der Waals surface area contributed by atoms with E-state index in [-0.39, 0.29) is 17.7 Å². The molecule has 0 atom stereocenters. The molecular weight excluding hydrogens is 272 g/mol. The van der Waals surface area contributed by atoms with Gasteiger partial charge >= 0.3 is 0 Å². The van der Waals surface area contributed by atoms with Gasteiger partial charge in [-0.25, -0.2) is 9.97 Å². The number of thioether (sulfide) groups is 1. The van der Waals surface area contributed by atoms with Crippen LogP contribution < -0.4 is 5.32 Å². The van der Waals surface area contributed by atoms with Crippen molar-refractivity contribution in [3.63, 3.8) is 0 Å². The van der Waals surface area contributed by atoms with E-state index in [0.29, 0.717) is 22.1 Å². The van der Waals surface area contributed by atoms with Gasteiger partial charge < -0.3 is 5.32 Å². The summed E-state index contributed by atoms with van der Waals surface area (Å²) in [5, 5.41) is 12.7. The lowest BCUT2D eigenvalue weighted by Crippen LogP contribution is -2.35. The van der Waals surface area contributed by atoms with Crippen molar-refractivity contribution in [3.8, 4) is 6.07 Å². The minimum atomic E-state index is -0.0264. The number of rotatable bonds is 6. The molecule has 1 heterocycles. The molecule has 0 spiro atoms. The largest absolute Gasteiger partial charge is 0.353 e. The first-order chi connectivity index (χ1) is 9.51. The molecule has 0 unspecified atom stereocenters. The van der Waals surface area contributed by atoms with Crippen LogP contribution in [0.2, 0.25) is 0 Å². The molecule has 1 aromatic heterocycles. The van der Waals surface area contributed by atoms with Crippen LogP contribution in [0, 0.1) is 25.2 Å². The molecule has 0 aliphatic rings. The Morgan fingerprint density at radius 2 is 2.00 bits per heavy atom. The van der Waals surface area contributed by atoms with Crippen LogP contribution in [0.4, 0.5) is 0 Å². The number of aromatic nitrogens is 2. The van der Waals surface area contributed by atoms with Gasteiger partial charge in [0.25, 0.3) is 0 Å². The quantitative estimate of drug-likeness (QED) is 0.643. The third-order valence-electron chi connectivity index (χ3n) is 2.97. The van der Waals surface area contributed by atoms with Gasteiger partial charge in [-0.05, 0) is 26.7 Å². The monoisotopic (exact) mass is 292 g/mol.